The maximum absolute atomic E-state index is 11.7. The lowest BCUT2D eigenvalue weighted by Crippen LogP contribution is -2.22. The van der Waals surface area contributed by atoms with Gasteiger partial charge in [0.15, 0.2) is 0 Å². The van der Waals surface area contributed by atoms with Gasteiger partial charge >= 0.3 is 0 Å². The van der Waals surface area contributed by atoms with E-state index in [9.17, 15) is 4.79 Å². The van der Waals surface area contributed by atoms with Crippen molar-refractivity contribution in [1.82, 2.24) is 5.32 Å². The molecule has 0 bridgehead atoms. The fourth-order valence-electron chi connectivity index (χ4n) is 1.90. The van der Waals surface area contributed by atoms with Gasteiger partial charge in [0, 0.05) is 13.0 Å². The minimum Gasteiger partial charge on any atom is -0.497 e. The molecule has 0 aliphatic heterocycles. The van der Waals surface area contributed by atoms with E-state index in [-0.39, 0.29) is 5.91 Å². The molecule has 114 valence electrons. The highest BCUT2D eigenvalue weighted by Crippen LogP contribution is 2.12. The minimum absolute atomic E-state index is 0.0988. The molecule has 0 fully saturated rings. The number of allylic oxidation sites excluding steroid dienone is 3. The van der Waals surface area contributed by atoms with E-state index in [2.05, 4.69) is 18.0 Å². The minimum atomic E-state index is 0.0988. The van der Waals surface area contributed by atoms with E-state index >= 15 is 0 Å². The van der Waals surface area contributed by atoms with Crippen LogP contribution in [0.4, 0.5) is 0 Å². The van der Waals surface area contributed by atoms with Crippen LogP contribution < -0.4 is 10.1 Å². The Kier molecular flexibility index (Phi) is 7.95. The summed E-state index contributed by atoms with van der Waals surface area (Å²) in [7, 11) is 1.64. The van der Waals surface area contributed by atoms with Crippen LogP contribution in [-0.2, 0) is 11.3 Å². The topological polar surface area (TPSA) is 38.3 Å². The number of carbonyl (C=O) groups excluding carboxylic acids is 1. The second-order valence-corrected chi connectivity index (χ2v) is 5.12. The highest BCUT2D eigenvalue weighted by atomic mass is 16.5. The van der Waals surface area contributed by atoms with Crippen molar-refractivity contribution >= 4 is 5.91 Å². The molecule has 0 atom stereocenters. The van der Waals surface area contributed by atoms with Crippen molar-refractivity contribution < 1.29 is 9.53 Å². The third kappa shape index (κ3) is 7.98. The molecule has 0 saturated heterocycles. The van der Waals surface area contributed by atoms with Gasteiger partial charge in [0.05, 0.1) is 7.11 Å². The monoisotopic (exact) mass is 287 g/mol. The summed E-state index contributed by atoms with van der Waals surface area (Å²) in [6, 6.07) is 7.73. The van der Waals surface area contributed by atoms with E-state index in [4.69, 9.17) is 4.74 Å². The maximum atomic E-state index is 11.7. The van der Waals surface area contributed by atoms with Crippen LogP contribution >= 0.6 is 0 Å². The summed E-state index contributed by atoms with van der Waals surface area (Å²) >= 11 is 0. The van der Waals surface area contributed by atoms with E-state index in [1.807, 2.05) is 37.3 Å². The van der Waals surface area contributed by atoms with Crippen molar-refractivity contribution in [1.29, 1.82) is 0 Å². The average molecular weight is 287 g/mol. The summed E-state index contributed by atoms with van der Waals surface area (Å²) in [5, 5.41) is 2.93. The molecular weight excluding hydrogens is 262 g/mol. The number of hydrogen-bond donors (Lipinski definition) is 1. The molecule has 0 saturated carbocycles. The van der Waals surface area contributed by atoms with Gasteiger partial charge in [0.2, 0.25) is 5.91 Å². The van der Waals surface area contributed by atoms with Crippen LogP contribution in [0.3, 0.4) is 0 Å². The molecule has 21 heavy (non-hydrogen) atoms. The number of hydrogen-bond acceptors (Lipinski definition) is 2. The van der Waals surface area contributed by atoms with Gasteiger partial charge in [0.1, 0.15) is 5.75 Å². The standard InChI is InChI=1S/C18H25NO2/c1-15(2)9-6-4-5-7-12-18(20)19-14-16-10-8-11-17(13-16)21-3/h6,8-11,13H,1,4-5,7,12,14H2,2-3H3,(H,19,20)/b9-6+. The quantitative estimate of drug-likeness (QED) is 0.550. The molecule has 1 N–H and O–H groups in total. The largest absolute Gasteiger partial charge is 0.497 e. The molecule has 0 unspecified atom stereocenters. The normalized spacial score (nSPS) is 10.6. The first-order chi connectivity index (χ1) is 10.1. The molecule has 0 spiro atoms. The van der Waals surface area contributed by atoms with Gasteiger partial charge in [-0.05, 0) is 43.9 Å². The summed E-state index contributed by atoms with van der Waals surface area (Å²) in [6.45, 7) is 6.33. The smallest absolute Gasteiger partial charge is 0.220 e. The third-order valence-corrected chi connectivity index (χ3v) is 3.05. The van der Waals surface area contributed by atoms with Gasteiger partial charge in [-0.1, -0.05) is 36.4 Å². The molecular formula is C18H25NO2. The van der Waals surface area contributed by atoms with Gasteiger partial charge < -0.3 is 10.1 Å². The van der Waals surface area contributed by atoms with Gasteiger partial charge in [-0.15, -0.1) is 0 Å². The number of unbranched alkanes of at least 4 members (excludes halogenated alkanes) is 2. The Morgan fingerprint density at radius 3 is 2.90 bits per heavy atom. The predicted molar refractivity (Wildman–Crippen MR) is 87.3 cm³/mol. The lowest BCUT2D eigenvalue weighted by Gasteiger charge is -2.06. The second-order valence-electron chi connectivity index (χ2n) is 5.12. The van der Waals surface area contributed by atoms with Crippen LogP contribution in [0.25, 0.3) is 0 Å². The van der Waals surface area contributed by atoms with Crippen LogP contribution in [0, 0.1) is 0 Å². The first kappa shape index (κ1) is 17.0. The molecule has 0 aliphatic rings. The Morgan fingerprint density at radius 2 is 2.19 bits per heavy atom. The summed E-state index contributed by atoms with van der Waals surface area (Å²) in [4.78, 5) is 11.7. The summed E-state index contributed by atoms with van der Waals surface area (Å²) in [5.41, 5.74) is 2.11. The van der Waals surface area contributed by atoms with E-state index in [1.54, 1.807) is 7.11 Å². The summed E-state index contributed by atoms with van der Waals surface area (Å²) in [6.07, 6.45) is 7.63. The fraction of sp³-hybridized carbons (Fsp3) is 0.389. The van der Waals surface area contributed by atoms with Crippen molar-refractivity contribution in [3.63, 3.8) is 0 Å². The van der Waals surface area contributed by atoms with E-state index < -0.39 is 0 Å². The number of carbonyl (C=O) groups is 1. The summed E-state index contributed by atoms with van der Waals surface area (Å²) in [5.74, 6) is 0.910. The van der Waals surface area contributed by atoms with Crippen LogP contribution in [0.5, 0.6) is 5.75 Å². The second kappa shape index (κ2) is 9.81. The Balaban J connectivity index is 2.17. The highest BCUT2D eigenvalue weighted by molar-refractivity contribution is 5.75. The van der Waals surface area contributed by atoms with Crippen LogP contribution in [0.2, 0.25) is 0 Å². The van der Waals surface area contributed by atoms with Crippen molar-refractivity contribution in [2.24, 2.45) is 0 Å². The molecule has 1 aromatic carbocycles. The average Bonchev–Trinajstić information content (AvgIpc) is 2.48. The molecule has 1 aromatic rings. The Hall–Kier alpha value is -2.03. The van der Waals surface area contributed by atoms with E-state index in [0.717, 1.165) is 36.1 Å². The predicted octanol–water partition coefficient (Wildman–Crippen LogP) is 4.00. The molecule has 0 heterocycles. The van der Waals surface area contributed by atoms with Gasteiger partial charge in [-0.2, -0.15) is 0 Å². The first-order valence-electron chi connectivity index (χ1n) is 7.33. The van der Waals surface area contributed by atoms with E-state index in [1.165, 1.54) is 0 Å². The molecule has 0 radical (unpaired) electrons. The van der Waals surface area contributed by atoms with E-state index in [0.29, 0.717) is 13.0 Å². The number of methoxy groups -OCH3 is 1. The molecule has 0 aliphatic carbocycles. The Morgan fingerprint density at radius 1 is 1.38 bits per heavy atom. The zero-order valence-corrected chi connectivity index (χ0v) is 13.0. The van der Waals surface area contributed by atoms with Crippen molar-refractivity contribution in [2.45, 2.75) is 39.2 Å². The number of ether oxygens (including phenoxy) is 1. The molecule has 3 nitrogen and oxygen atoms in total. The van der Waals surface area contributed by atoms with Crippen molar-refractivity contribution in [3.8, 4) is 5.75 Å². The zero-order chi connectivity index (χ0) is 15.5. The fourth-order valence-corrected chi connectivity index (χ4v) is 1.90. The lowest BCUT2D eigenvalue weighted by molar-refractivity contribution is -0.121. The lowest BCUT2D eigenvalue weighted by atomic mass is 10.1. The van der Waals surface area contributed by atoms with Crippen molar-refractivity contribution in [2.75, 3.05) is 7.11 Å². The number of nitrogens with one attached hydrogen (secondary N) is 1. The van der Waals surface area contributed by atoms with Gasteiger partial charge in [-0.3, -0.25) is 4.79 Å². The van der Waals surface area contributed by atoms with Gasteiger partial charge in [0.25, 0.3) is 0 Å². The van der Waals surface area contributed by atoms with Crippen LogP contribution in [0.1, 0.15) is 38.2 Å². The van der Waals surface area contributed by atoms with Crippen LogP contribution in [-0.4, -0.2) is 13.0 Å². The Labute approximate surface area is 127 Å². The first-order valence-corrected chi connectivity index (χ1v) is 7.33. The maximum Gasteiger partial charge on any atom is 0.220 e. The molecule has 1 amide bonds. The molecule has 3 heteroatoms. The molecule has 0 aromatic heterocycles. The zero-order valence-electron chi connectivity index (χ0n) is 13.0. The number of benzene rings is 1. The van der Waals surface area contributed by atoms with Gasteiger partial charge in [-0.25, -0.2) is 0 Å². The van der Waals surface area contributed by atoms with Crippen molar-refractivity contribution in [3.05, 3.63) is 54.1 Å². The SMILES string of the molecule is C=C(C)/C=C/CCCCC(=O)NCc1cccc(OC)c1. The number of rotatable bonds is 9. The third-order valence-electron chi connectivity index (χ3n) is 3.05. The number of amides is 1. The van der Waals surface area contributed by atoms with Crippen LogP contribution in [0.15, 0.2) is 48.6 Å². The highest BCUT2D eigenvalue weighted by Gasteiger charge is 2.01. The molecule has 1 rings (SSSR count). The Bertz CT molecular complexity index is 492. The summed E-state index contributed by atoms with van der Waals surface area (Å²) < 4.78 is 5.16.